The molecule has 0 saturated carbocycles. The lowest BCUT2D eigenvalue weighted by molar-refractivity contribution is -0.125. The van der Waals surface area contributed by atoms with E-state index in [1.54, 1.807) is 38.1 Å². The number of piperidine rings is 1. The van der Waals surface area contributed by atoms with Crippen LogP contribution in [0.15, 0.2) is 47.4 Å². The van der Waals surface area contributed by atoms with Gasteiger partial charge >= 0.3 is 0 Å². The molecule has 182 valence electrons. The summed E-state index contributed by atoms with van der Waals surface area (Å²) in [5, 5.41) is 2.75. The van der Waals surface area contributed by atoms with Crippen molar-refractivity contribution in [3.63, 3.8) is 0 Å². The summed E-state index contributed by atoms with van der Waals surface area (Å²) in [6, 6.07) is 10.5. The molecule has 2 aliphatic heterocycles. The van der Waals surface area contributed by atoms with Gasteiger partial charge in [-0.25, -0.2) is 12.8 Å². The predicted molar refractivity (Wildman–Crippen MR) is 127 cm³/mol. The number of anilines is 1. The topological polar surface area (TPSA) is 86.8 Å². The average Bonchev–Trinajstić information content (AvgIpc) is 2.99. The molecule has 1 saturated heterocycles. The van der Waals surface area contributed by atoms with Crippen molar-refractivity contribution in [2.45, 2.75) is 50.5 Å². The largest absolute Gasteiger partial charge is 0.350 e. The molecule has 0 aliphatic carbocycles. The molecule has 4 rings (SSSR count). The van der Waals surface area contributed by atoms with Crippen molar-refractivity contribution in [3.8, 4) is 0 Å². The van der Waals surface area contributed by atoms with Gasteiger partial charge in [-0.1, -0.05) is 19.1 Å². The number of carbonyl (C=O) groups is 2. The summed E-state index contributed by atoms with van der Waals surface area (Å²) >= 11 is 0. The molecule has 7 nitrogen and oxygen atoms in total. The highest BCUT2D eigenvalue weighted by molar-refractivity contribution is 7.89. The lowest BCUT2D eigenvalue weighted by atomic mass is 9.86. The van der Waals surface area contributed by atoms with Crippen molar-refractivity contribution in [2.24, 2.45) is 5.92 Å². The number of nitrogens with zero attached hydrogens (tertiary/aromatic N) is 2. The minimum atomic E-state index is -3.66. The molecule has 0 aromatic heterocycles. The number of hydrogen-bond donors (Lipinski definition) is 1. The molecule has 9 heteroatoms. The average molecular weight is 488 g/mol. The molecule has 0 bridgehead atoms. The van der Waals surface area contributed by atoms with E-state index in [1.165, 1.54) is 27.4 Å². The molecule has 2 amide bonds. The second-order valence-corrected chi connectivity index (χ2v) is 11.6. The molecular weight excluding hydrogens is 457 g/mol. The smallest absolute Gasteiger partial charge is 0.243 e. The zero-order valence-corrected chi connectivity index (χ0v) is 20.5. The molecule has 0 atom stereocenters. The maximum atomic E-state index is 13.2. The van der Waals surface area contributed by atoms with E-state index in [-0.39, 0.29) is 35.6 Å². The molecule has 0 unspecified atom stereocenters. The maximum absolute atomic E-state index is 13.2. The minimum Gasteiger partial charge on any atom is -0.350 e. The van der Waals surface area contributed by atoms with Gasteiger partial charge in [0.2, 0.25) is 21.8 Å². The standard InChI is InChI=1S/C25H30FN3O4S/c1-17-10-12-28(13-11-17)34(32,33)20-8-9-22-21(14-20)25(2,3)24(31)29(22)16-23(30)27-15-18-4-6-19(26)7-5-18/h4-9,14,17H,10-13,15-16H2,1-3H3,(H,27,30). The molecule has 1 N–H and O–H groups in total. The maximum Gasteiger partial charge on any atom is 0.243 e. The fraction of sp³-hybridized carbons (Fsp3) is 0.440. The summed E-state index contributed by atoms with van der Waals surface area (Å²) in [5.74, 6) is -0.472. The Labute approximate surface area is 200 Å². The second-order valence-electron chi connectivity index (χ2n) is 9.69. The van der Waals surface area contributed by atoms with Gasteiger partial charge in [-0.05, 0) is 74.1 Å². The first-order valence-electron chi connectivity index (χ1n) is 11.5. The number of halogens is 1. The van der Waals surface area contributed by atoms with Gasteiger partial charge in [-0.3, -0.25) is 9.59 Å². The molecule has 0 spiro atoms. The van der Waals surface area contributed by atoms with Crippen LogP contribution in [0, 0.1) is 11.7 Å². The van der Waals surface area contributed by atoms with Crippen LogP contribution < -0.4 is 10.2 Å². The highest BCUT2D eigenvalue weighted by atomic mass is 32.2. The zero-order chi connectivity index (χ0) is 24.7. The van der Waals surface area contributed by atoms with Gasteiger partial charge in [0, 0.05) is 25.3 Å². The van der Waals surface area contributed by atoms with Gasteiger partial charge in [-0.2, -0.15) is 4.31 Å². The van der Waals surface area contributed by atoms with Gasteiger partial charge in [0.25, 0.3) is 0 Å². The van der Waals surface area contributed by atoms with Crippen LogP contribution in [0.1, 0.15) is 44.7 Å². The highest BCUT2D eigenvalue weighted by Crippen LogP contribution is 2.42. The van der Waals surface area contributed by atoms with Gasteiger partial charge in [0.15, 0.2) is 0 Å². The summed E-state index contributed by atoms with van der Waals surface area (Å²) in [5.41, 5.74) is 0.910. The van der Waals surface area contributed by atoms with Crippen LogP contribution in [0.2, 0.25) is 0 Å². The summed E-state index contributed by atoms with van der Waals surface area (Å²) in [7, 11) is -3.66. The minimum absolute atomic E-state index is 0.171. The van der Waals surface area contributed by atoms with Crippen LogP contribution in [0.5, 0.6) is 0 Å². The van der Waals surface area contributed by atoms with Crippen molar-refractivity contribution in [1.82, 2.24) is 9.62 Å². The molecule has 2 aromatic rings. The van der Waals surface area contributed by atoms with Crippen LogP contribution in [0.3, 0.4) is 0 Å². The molecule has 34 heavy (non-hydrogen) atoms. The summed E-state index contributed by atoms with van der Waals surface area (Å²) < 4.78 is 41.0. The third-order valence-corrected chi connectivity index (χ3v) is 8.69. The monoisotopic (exact) mass is 487 g/mol. The quantitative estimate of drug-likeness (QED) is 0.678. The Morgan fingerprint density at radius 1 is 1.12 bits per heavy atom. The summed E-state index contributed by atoms with van der Waals surface area (Å²) in [4.78, 5) is 27.3. The number of rotatable bonds is 6. The van der Waals surface area contributed by atoms with E-state index in [0.29, 0.717) is 30.3 Å². The van der Waals surface area contributed by atoms with E-state index in [9.17, 15) is 22.4 Å². The third kappa shape index (κ3) is 4.59. The van der Waals surface area contributed by atoms with Gasteiger partial charge < -0.3 is 10.2 Å². The number of carbonyl (C=O) groups excluding carboxylic acids is 2. The molecule has 2 aliphatic rings. The number of fused-ring (bicyclic) bond motifs is 1. The van der Waals surface area contributed by atoms with Crippen LogP contribution >= 0.6 is 0 Å². The Morgan fingerprint density at radius 3 is 2.41 bits per heavy atom. The Balaban J connectivity index is 1.52. The van der Waals surface area contributed by atoms with Crippen molar-refractivity contribution in [3.05, 3.63) is 59.4 Å². The number of sulfonamides is 1. The highest BCUT2D eigenvalue weighted by Gasteiger charge is 2.45. The van der Waals surface area contributed by atoms with Gasteiger partial charge in [0.1, 0.15) is 12.4 Å². The lowest BCUT2D eigenvalue weighted by Crippen LogP contribution is -2.42. The van der Waals surface area contributed by atoms with Gasteiger partial charge in [0.05, 0.1) is 10.3 Å². The predicted octanol–water partition coefficient (Wildman–Crippen LogP) is 3.19. The molecular formula is C25H30FN3O4S. The summed E-state index contributed by atoms with van der Waals surface area (Å²) in [6.07, 6.45) is 1.66. The number of nitrogens with one attached hydrogen (secondary N) is 1. The van der Waals surface area contributed by atoms with Crippen molar-refractivity contribution < 1.29 is 22.4 Å². The summed E-state index contributed by atoms with van der Waals surface area (Å²) in [6.45, 7) is 6.60. The van der Waals surface area contributed by atoms with E-state index in [4.69, 9.17) is 0 Å². The van der Waals surface area contributed by atoms with Gasteiger partial charge in [-0.15, -0.1) is 0 Å². The zero-order valence-electron chi connectivity index (χ0n) is 19.7. The second kappa shape index (κ2) is 9.11. The van der Waals surface area contributed by atoms with E-state index >= 15 is 0 Å². The van der Waals surface area contributed by atoms with Crippen molar-refractivity contribution >= 4 is 27.5 Å². The van der Waals surface area contributed by atoms with Crippen LogP contribution in [-0.2, 0) is 31.6 Å². The van der Waals surface area contributed by atoms with Crippen LogP contribution in [0.25, 0.3) is 0 Å². The first-order valence-corrected chi connectivity index (χ1v) is 12.9. The van der Waals surface area contributed by atoms with Crippen molar-refractivity contribution in [1.29, 1.82) is 0 Å². The Bertz CT molecular complexity index is 1200. The van der Waals surface area contributed by atoms with Crippen LogP contribution in [-0.4, -0.2) is 44.2 Å². The Morgan fingerprint density at radius 2 is 1.76 bits per heavy atom. The van der Waals surface area contributed by atoms with Crippen LogP contribution in [0.4, 0.5) is 10.1 Å². The first kappa shape index (κ1) is 24.3. The lowest BCUT2D eigenvalue weighted by Gasteiger charge is -2.29. The fourth-order valence-electron chi connectivity index (χ4n) is 4.51. The number of hydrogen-bond acceptors (Lipinski definition) is 4. The van der Waals surface area contributed by atoms with Crippen molar-refractivity contribution in [2.75, 3.05) is 24.5 Å². The Hall–Kier alpha value is -2.78. The first-order chi connectivity index (χ1) is 16.0. The molecule has 1 fully saturated rings. The fourth-order valence-corrected chi connectivity index (χ4v) is 6.00. The Kier molecular flexibility index (Phi) is 6.52. The third-order valence-electron chi connectivity index (χ3n) is 6.80. The number of benzene rings is 2. The molecule has 2 heterocycles. The normalized spacial score (nSPS) is 18.7. The van der Waals surface area contributed by atoms with E-state index in [0.717, 1.165) is 18.4 Å². The molecule has 0 radical (unpaired) electrons. The van der Waals surface area contributed by atoms with E-state index in [2.05, 4.69) is 12.2 Å². The SMILES string of the molecule is CC1CCN(S(=O)(=O)c2ccc3c(c2)C(C)(C)C(=O)N3CC(=O)NCc2ccc(F)cc2)CC1. The molecule has 2 aromatic carbocycles. The van der Waals surface area contributed by atoms with E-state index in [1.807, 2.05) is 0 Å². The van der Waals surface area contributed by atoms with E-state index < -0.39 is 15.4 Å². The number of amides is 2.